The number of nitrogens with one attached hydrogen (secondary N) is 2. The summed E-state index contributed by atoms with van der Waals surface area (Å²) in [5, 5.41) is 0. The Kier molecular flexibility index (Phi) is 8.14. The fourth-order valence-corrected chi connectivity index (χ4v) is 7.59. The standard InChI is InChI=1S/C19H12Br4FN3O5S2/c20-9-3-10(21)5-12(4-9)33(29,30)26-11-1-2-18(13(6-11)19(25)28)34(31,32)27-17-8-14(22)16(24)7-15(17)23/h1-8,26-27H,(H2,25,28). The number of hydrogen-bond acceptors (Lipinski definition) is 5. The van der Waals surface area contributed by atoms with E-state index >= 15 is 0 Å². The predicted molar refractivity (Wildman–Crippen MR) is 140 cm³/mol. The average Bonchev–Trinajstić information content (AvgIpc) is 2.70. The van der Waals surface area contributed by atoms with Crippen molar-refractivity contribution in [3.63, 3.8) is 0 Å². The first-order valence-corrected chi connectivity index (χ1v) is 14.9. The SMILES string of the molecule is NC(=O)c1cc(NS(=O)(=O)c2cc(Br)cc(Br)c2)ccc1S(=O)(=O)Nc1cc(Br)c(F)cc1Br. The van der Waals surface area contributed by atoms with Crippen molar-refractivity contribution in [2.45, 2.75) is 9.79 Å². The fourth-order valence-electron chi connectivity index (χ4n) is 2.72. The molecule has 180 valence electrons. The maximum absolute atomic E-state index is 13.7. The van der Waals surface area contributed by atoms with Gasteiger partial charge >= 0.3 is 0 Å². The smallest absolute Gasteiger partial charge is 0.262 e. The van der Waals surface area contributed by atoms with Crippen molar-refractivity contribution < 1.29 is 26.0 Å². The average molecular weight is 765 g/mol. The summed E-state index contributed by atoms with van der Waals surface area (Å²) in [5.41, 5.74) is 4.82. The monoisotopic (exact) mass is 761 g/mol. The Morgan fingerprint density at radius 2 is 1.41 bits per heavy atom. The van der Waals surface area contributed by atoms with Gasteiger partial charge in [-0.05, 0) is 80.4 Å². The molecule has 0 bridgehead atoms. The molecule has 0 saturated carbocycles. The lowest BCUT2D eigenvalue weighted by Crippen LogP contribution is -2.21. The second kappa shape index (κ2) is 10.2. The molecule has 0 heterocycles. The van der Waals surface area contributed by atoms with E-state index in [1.54, 1.807) is 6.07 Å². The highest BCUT2D eigenvalue weighted by atomic mass is 79.9. The Hall–Kier alpha value is -1.52. The zero-order valence-electron chi connectivity index (χ0n) is 16.4. The molecule has 1 amide bonds. The first-order chi connectivity index (χ1) is 15.7. The molecule has 3 aromatic carbocycles. The number of primary amides is 1. The van der Waals surface area contributed by atoms with E-state index in [2.05, 4.69) is 73.2 Å². The second-order valence-corrected chi connectivity index (χ2v) is 13.5. The third-order valence-electron chi connectivity index (χ3n) is 4.19. The van der Waals surface area contributed by atoms with Crippen LogP contribution in [-0.2, 0) is 20.0 Å². The number of sulfonamides is 2. The van der Waals surface area contributed by atoms with Gasteiger partial charge in [0.1, 0.15) is 10.7 Å². The molecule has 8 nitrogen and oxygen atoms in total. The van der Waals surface area contributed by atoms with Gasteiger partial charge in [-0.1, -0.05) is 31.9 Å². The molecule has 15 heteroatoms. The summed E-state index contributed by atoms with van der Waals surface area (Å²) in [6.45, 7) is 0. The zero-order valence-corrected chi connectivity index (χ0v) is 24.4. The van der Waals surface area contributed by atoms with Gasteiger partial charge in [-0.3, -0.25) is 14.2 Å². The Bertz CT molecular complexity index is 1510. The molecule has 0 spiro atoms. The number of carbonyl (C=O) groups is 1. The highest BCUT2D eigenvalue weighted by Gasteiger charge is 2.25. The van der Waals surface area contributed by atoms with Crippen molar-refractivity contribution >= 4 is 101 Å². The van der Waals surface area contributed by atoms with Gasteiger partial charge in [0.25, 0.3) is 20.0 Å². The van der Waals surface area contributed by atoms with Crippen molar-refractivity contribution in [3.8, 4) is 0 Å². The maximum atomic E-state index is 13.7. The number of anilines is 2. The van der Waals surface area contributed by atoms with E-state index in [4.69, 9.17) is 5.73 Å². The molecule has 0 aliphatic carbocycles. The van der Waals surface area contributed by atoms with Crippen molar-refractivity contribution in [1.29, 1.82) is 0 Å². The number of amides is 1. The lowest BCUT2D eigenvalue weighted by Gasteiger charge is -2.15. The second-order valence-electron chi connectivity index (χ2n) is 6.64. The minimum Gasteiger partial charge on any atom is -0.366 e. The van der Waals surface area contributed by atoms with Crippen LogP contribution in [0.5, 0.6) is 0 Å². The molecule has 3 aromatic rings. The van der Waals surface area contributed by atoms with Crippen molar-refractivity contribution in [1.82, 2.24) is 0 Å². The van der Waals surface area contributed by atoms with Crippen molar-refractivity contribution in [2.24, 2.45) is 5.73 Å². The third-order valence-corrected chi connectivity index (χ3v) is 9.15. The van der Waals surface area contributed by atoms with E-state index in [0.717, 1.165) is 18.2 Å². The first-order valence-electron chi connectivity index (χ1n) is 8.80. The molecule has 0 atom stereocenters. The Balaban J connectivity index is 2.00. The highest BCUT2D eigenvalue weighted by molar-refractivity contribution is 9.11. The summed E-state index contributed by atoms with van der Waals surface area (Å²) in [4.78, 5) is 11.5. The minimum atomic E-state index is -4.38. The Morgan fingerprint density at radius 1 is 0.794 bits per heavy atom. The molecule has 0 radical (unpaired) electrons. The Labute approximate surface area is 228 Å². The summed E-state index contributed by atoms with van der Waals surface area (Å²) >= 11 is 12.5. The number of nitrogens with two attached hydrogens (primary N) is 1. The molecule has 3 rings (SSSR count). The summed E-state index contributed by atoms with van der Waals surface area (Å²) < 4.78 is 70.8. The van der Waals surface area contributed by atoms with Crippen LogP contribution in [0.4, 0.5) is 15.8 Å². The summed E-state index contributed by atoms with van der Waals surface area (Å²) in [6.07, 6.45) is 0. The quantitative estimate of drug-likeness (QED) is 0.271. The first kappa shape index (κ1) is 27.1. The molecule has 0 saturated heterocycles. The number of benzene rings is 3. The molecule has 0 fully saturated rings. The lowest BCUT2D eigenvalue weighted by molar-refractivity contribution is 0.0997. The van der Waals surface area contributed by atoms with Crippen LogP contribution >= 0.6 is 63.7 Å². The normalized spacial score (nSPS) is 11.8. The van der Waals surface area contributed by atoms with Gasteiger partial charge in [0.2, 0.25) is 5.91 Å². The van der Waals surface area contributed by atoms with Crippen LogP contribution in [-0.4, -0.2) is 22.7 Å². The van der Waals surface area contributed by atoms with E-state index in [1.807, 2.05) is 0 Å². The Morgan fingerprint density at radius 3 is 2.00 bits per heavy atom. The number of rotatable bonds is 7. The van der Waals surface area contributed by atoms with Gasteiger partial charge in [-0.2, -0.15) is 0 Å². The van der Waals surface area contributed by atoms with Crippen molar-refractivity contribution in [3.05, 3.63) is 77.8 Å². The zero-order chi connectivity index (χ0) is 25.4. The van der Waals surface area contributed by atoms with Gasteiger partial charge < -0.3 is 5.73 Å². The van der Waals surface area contributed by atoms with Crippen molar-refractivity contribution in [2.75, 3.05) is 9.44 Å². The fraction of sp³-hybridized carbons (Fsp3) is 0. The number of carbonyl (C=O) groups excluding carboxylic acids is 1. The maximum Gasteiger partial charge on any atom is 0.262 e. The van der Waals surface area contributed by atoms with E-state index in [-0.39, 0.29) is 25.2 Å². The largest absolute Gasteiger partial charge is 0.366 e. The van der Waals surface area contributed by atoms with Gasteiger partial charge in [0.05, 0.1) is 20.6 Å². The van der Waals surface area contributed by atoms with Gasteiger partial charge in [-0.25, -0.2) is 21.2 Å². The molecule has 0 aliphatic rings. The van der Waals surface area contributed by atoms with E-state index < -0.39 is 42.2 Å². The van der Waals surface area contributed by atoms with Crippen LogP contribution in [0.25, 0.3) is 0 Å². The van der Waals surface area contributed by atoms with Crippen LogP contribution in [0, 0.1) is 5.82 Å². The third kappa shape index (κ3) is 6.18. The van der Waals surface area contributed by atoms with Gasteiger partial charge in [0, 0.05) is 19.1 Å². The predicted octanol–water partition coefficient (Wildman–Crippen LogP) is 5.58. The summed E-state index contributed by atoms with van der Waals surface area (Å²) in [5.74, 6) is -1.73. The molecule has 0 aliphatic heterocycles. The summed E-state index contributed by atoms with van der Waals surface area (Å²) in [6, 6.07) is 9.83. The van der Waals surface area contributed by atoms with Gasteiger partial charge in [-0.15, -0.1) is 0 Å². The summed E-state index contributed by atoms with van der Waals surface area (Å²) in [7, 11) is -8.46. The van der Waals surface area contributed by atoms with Crippen LogP contribution in [0.15, 0.2) is 76.2 Å². The van der Waals surface area contributed by atoms with E-state index in [0.29, 0.717) is 8.95 Å². The molecule has 4 N–H and O–H groups in total. The van der Waals surface area contributed by atoms with E-state index in [1.165, 1.54) is 24.3 Å². The van der Waals surface area contributed by atoms with Crippen LogP contribution in [0.1, 0.15) is 10.4 Å². The van der Waals surface area contributed by atoms with Gasteiger partial charge in [0.15, 0.2) is 0 Å². The number of halogens is 5. The molecular formula is C19H12Br4FN3O5S2. The van der Waals surface area contributed by atoms with E-state index in [9.17, 15) is 26.0 Å². The van der Waals surface area contributed by atoms with Crippen LogP contribution in [0.2, 0.25) is 0 Å². The molecule has 0 unspecified atom stereocenters. The molecule has 0 aromatic heterocycles. The topological polar surface area (TPSA) is 135 Å². The molecule has 34 heavy (non-hydrogen) atoms. The lowest BCUT2D eigenvalue weighted by atomic mass is 10.2. The minimum absolute atomic E-state index is 0.00583. The number of hydrogen-bond donors (Lipinski definition) is 3. The highest BCUT2D eigenvalue weighted by Crippen LogP contribution is 2.32. The van der Waals surface area contributed by atoms with Crippen LogP contribution < -0.4 is 15.2 Å². The molecular weight excluding hydrogens is 753 g/mol. The van der Waals surface area contributed by atoms with Crippen LogP contribution in [0.3, 0.4) is 0 Å².